The number of thioether (sulfide) groups is 2. The first kappa shape index (κ1) is 16.7. The average molecular weight is 319 g/mol. The van der Waals surface area contributed by atoms with Gasteiger partial charge < -0.3 is 4.84 Å². The van der Waals surface area contributed by atoms with E-state index in [-0.39, 0.29) is 28.8 Å². The highest BCUT2D eigenvalue weighted by molar-refractivity contribution is 8.17. The molecule has 0 radical (unpaired) electrons. The molecule has 1 rings (SSSR count). The molecule has 2 amide bonds. The van der Waals surface area contributed by atoms with Crippen LogP contribution < -0.4 is 0 Å². The summed E-state index contributed by atoms with van der Waals surface area (Å²) in [5.74, 6) is -2.03. The van der Waals surface area contributed by atoms with E-state index in [1.54, 1.807) is 0 Å². The van der Waals surface area contributed by atoms with E-state index >= 15 is 0 Å². The standard InChI is InChI=1S/C11H13NO6S2/c1-6(13)19-5-8(20-7(2)14)11(17)18-12-9(15)3-4-10(12)16/h8H,3-5H2,1-2H3/t8-/m1/s1. The van der Waals surface area contributed by atoms with Crippen molar-refractivity contribution in [2.45, 2.75) is 31.9 Å². The van der Waals surface area contributed by atoms with Crippen LogP contribution in [0, 0.1) is 0 Å². The van der Waals surface area contributed by atoms with Gasteiger partial charge in [-0.1, -0.05) is 23.5 Å². The summed E-state index contributed by atoms with van der Waals surface area (Å²) in [7, 11) is 0. The maximum atomic E-state index is 11.9. The van der Waals surface area contributed by atoms with Crippen LogP contribution >= 0.6 is 23.5 Å². The number of hydroxylamine groups is 2. The molecular formula is C11H13NO6S2. The van der Waals surface area contributed by atoms with E-state index in [1.165, 1.54) is 13.8 Å². The van der Waals surface area contributed by atoms with Crippen molar-refractivity contribution >= 4 is 51.5 Å². The molecule has 0 aromatic heterocycles. The molecule has 1 aliphatic heterocycles. The fourth-order valence-electron chi connectivity index (χ4n) is 1.35. The van der Waals surface area contributed by atoms with E-state index in [0.29, 0.717) is 16.8 Å². The highest BCUT2D eigenvalue weighted by Crippen LogP contribution is 2.21. The van der Waals surface area contributed by atoms with E-state index in [9.17, 15) is 24.0 Å². The zero-order valence-electron chi connectivity index (χ0n) is 10.9. The molecule has 1 aliphatic rings. The summed E-state index contributed by atoms with van der Waals surface area (Å²) in [4.78, 5) is 61.2. The first-order valence-electron chi connectivity index (χ1n) is 5.69. The quantitative estimate of drug-likeness (QED) is 0.677. The Balaban J connectivity index is 2.66. The Bertz CT molecular complexity index is 448. The number of amides is 2. The number of rotatable bonds is 5. The summed E-state index contributed by atoms with van der Waals surface area (Å²) >= 11 is 1.57. The number of carbonyl (C=O) groups is 5. The smallest absolute Gasteiger partial charge is 0.329 e. The highest BCUT2D eigenvalue weighted by atomic mass is 32.2. The maximum Gasteiger partial charge on any atom is 0.347 e. The average Bonchev–Trinajstić information content (AvgIpc) is 2.65. The van der Waals surface area contributed by atoms with Crippen molar-refractivity contribution < 1.29 is 28.8 Å². The number of hydrogen-bond donors (Lipinski definition) is 0. The van der Waals surface area contributed by atoms with E-state index in [0.717, 1.165) is 11.8 Å². The van der Waals surface area contributed by atoms with Crippen LogP contribution in [0.4, 0.5) is 0 Å². The molecule has 1 heterocycles. The first-order chi connectivity index (χ1) is 9.31. The van der Waals surface area contributed by atoms with Crippen molar-refractivity contribution in [1.82, 2.24) is 5.06 Å². The highest BCUT2D eigenvalue weighted by Gasteiger charge is 2.35. The molecule has 7 nitrogen and oxygen atoms in total. The number of nitrogens with zero attached hydrogens (tertiary/aromatic N) is 1. The minimum Gasteiger partial charge on any atom is -0.329 e. The Morgan fingerprint density at radius 1 is 1.15 bits per heavy atom. The monoisotopic (exact) mass is 319 g/mol. The normalized spacial score (nSPS) is 16.2. The molecule has 110 valence electrons. The third-order valence-corrected chi connectivity index (χ3v) is 4.29. The SMILES string of the molecule is CC(=O)SC[C@@H](SC(C)=O)C(=O)ON1C(=O)CCC1=O. The van der Waals surface area contributed by atoms with Crippen LogP contribution in [-0.2, 0) is 28.8 Å². The Kier molecular flexibility index (Phi) is 6.21. The first-order valence-corrected chi connectivity index (χ1v) is 7.56. The lowest BCUT2D eigenvalue weighted by atomic mass is 10.4. The van der Waals surface area contributed by atoms with Crippen LogP contribution in [0.3, 0.4) is 0 Å². The Morgan fingerprint density at radius 3 is 2.15 bits per heavy atom. The molecule has 1 atom stereocenters. The third kappa shape index (κ3) is 4.97. The lowest BCUT2D eigenvalue weighted by molar-refractivity contribution is -0.196. The van der Waals surface area contributed by atoms with E-state index in [4.69, 9.17) is 4.84 Å². The van der Waals surface area contributed by atoms with Crippen molar-refractivity contribution in [2.75, 3.05) is 5.75 Å². The fourth-order valence-corrected chi connectivity index (χ4v) is 2.89. The summed E-state index contributed by atoms with van der Waals surface area (Å²) in [5, 5.41) is -1.05. The minimum atomic E-state index is -0.942. The molecule has 0 N–H and O–H groups in total. The van der Waals surface area contributed by atoms with Crippen LogP contribution in [0.5, 0.6) is 0 Å². The molecular weight excluding hydrogens is 306 g/mol. The van der Waals surface area contributed by atoms with Crippen molar-refractivity contribution in [1.29, 1.82) is 0 Å². The summed E-state index contributed by atoms with van der Waals surface area (Å²) in [6.45, 7) is 2.61. The van der Waals surface area contributed by atoms with Gasteiger partial charge in [0.2, 0.25) is 0 Å². The van der Waals surface area contributed by atoms with Crippen molar-refractivity contribution in [3.8, 4) is 0 Å². The second kappa shape index (κ2) is 7.44. The van der Waals surface area contributed by atoms with Gasteiger partial charge in [-0.2, -0.15) is 0 Å². The lowest BCUT2D eigenvalue weighted by Gasteiger charge is -2.17. The topological polar surface area (TPSA) is 97.8 Å². The Morgan fingerprint density at radius 2 is 1.70 bits per heavy atom. The molecule has 0 aromatic rings. The number of carbonyl (C=O) groups excluding carboxylic acids is 5. The third-order valence-electron chi connectivity index (χ3n) is 2.20. The second-order valence-electron chi connectivity index (χ2n) is 3.89. The van der Waals surface area contributed by atoms with E-state index in [2.05, 4.69) is 0 Å². The zero-order valence-corrected chi connectivity index (χ0v) is 12.5. The predicted molar refractivity (Wildman–Crippen MR) is 72.4 cm³/mol. The summed E-state index contributed by atoms with van der Waals surface area (Å²) < 4.78 is 0. The van der Waals surface area contributed by atoms with Gasteiger partial charge in [0.25, 0.3) is 11.8 Å². The molecule has 1 saturated heterocycles. The van der Waals surface area contributed by atoms with Crippen molar-refractivity contribution in [3.63, 3.8) is 0 Å². The predicted octanol–water partition coefficient (Wildman–Crippen LogP) is 0.522. The molecule has 0 bridgehead atoms. The van der Waals surface area contributed by atoms with Gasteiger partial charge in [-0.05, 0) is 0 Å². The number of imide groups is 1. The van der Waals surface area contributed by atoms with Gasteiger partial charge >= 0.3 is 5.97 Å². The Hall–Kier alpha value is -1.35. The second-order valence-corrected chi connectivity index (χ2v) is 6.47. The van der Waals surface area contributed by atoms with Crippen LogP contribution in [0.25, 0.3) is 0 Å². The molecule has 0 aliphatic carbocycles. The number of hydrogen-bond acceptors (Lipinski definition) is 8. The molecule has 0 unspecified atom stereocenters. The summed E-state index contributed by atoms with van der Waals surface area (Å²) in [5.41, 5.74) is 0. The Labute approximate surface area is 123 Å². The van der Waals surface area contributed by atoms with Crippen LogP contribution in [-0.4, -0.2) is 44.1 Å². The fraction of sp³-hybridized carbons (Fsp3) is 0.545. The van der Waals surface area contributed by atoms with Crippen LogP contribution in [0.2, 0.25) is 0 Å². The van der Waals surface area contributed by atoms with Gasteiger partial charge in [0, 0.05) is 32.4 Å². The van der Waals surface area contributed by atoms with Gasteiger partial charge in [0.1, 0.15) is 5.25 Å². The van der Waals surface area contributed by atoms with Gasteiger partial charge in [-0.25, -0.2) is 4.79 Å². The van der Waals surface area contributed by atoms with Gasteiger partial charge in [-0.3, -0.25) is 19.2 Å². The van der Waals surface area contributed by atoms with Crippen LogP contribution in [0.1, 0.15) is 26.7 Å². The largest absolute Gasteiger partial charge is 0.347 e. The van der Waals surface area contributed by atoms with Crippen molar-refractivity contribution in [2.24, 2.45) is 0 Å². The molecule has 1 fully saturated rings. The summed E-state index contributed by atoms with van der Waals surface area (Å²) in [6.07, 6.45) is -0.00233. The van der Waals surface area contributed by atoms with Gasteiger partial charge in [0.05, 0.1) is 0 Å². The maximum absolute atomic E-state index is 11.9. The van der Waals surface area contributed by atoms with E-state index in [1.807, 2.05) is 0 Å². The summed E-state index contributed by atoms with van der Waals surface area (Å²) in [6, 6.07) is 0. The zero-order chi connectivity index (χ0) is 15.3. The molecule has 0 saturated carbocycles. The lowest BCUT2D eigenvalue weighted by Crippen LogP contribution is -2.36. The van der Waals surface area contributed by atoms with Crippen molar-refractivity contribution in [3.05, 3.63) is 0 Å². The molecule has 0 spiro atoms. The van der Waals surface area contributed by atoms with Crippen LogP contribution in [0.15, 0.2) is 0 Å². The molecule has 0 aromatic carbocycles. The van der Waals surface area contributed by atoms with E-state index < -0.39 is 23.0 Å². The van der Waals surface area contributed by atoms with Gasteiger partial charge in [-0.15, -0.1) is 5.06 Å². The minimum absolute atomic E-state index is 0.00116. The molecule has 9 heteroatoms. The molecule has 20 heavy (non-hydrogen) atoms. The van der Waals surface area contributed by atoms with Gasteiger partial charge in [0.15, 0.2) is 10.2 Å².